The number of amides is 1. The molecule has 1 aromatic heterocycles. The summed E-state index contributed by atoms with van der Waals surface area (Å²) >= 11 is 0. The average Bonchev–Trinajstić information content (AvgIpc) is 3.45. The molecule has 6 nitrogen and oxygen atoms in total. The minimum atomic E-state index is -4.45. The highest BCUT2D eigenvalue weighted by molar-refractivity contribution is 5.84. The van der Waals surface area contributed by atoms with Crippen molar-refractivity contribution in [2.45, 2.75) is 69.8 Å². The molecule has 194 valence electrons. The molecule has 2 aliphatic carbocycles. The van der Waals surface area contributed by atoms with Gasteiger partial charge in [0, 0.05) is 55.5 Å². The average molecular weight is 511 g/mol. The number of carbonyl (C=O) groups excluding carboxylic acids is 1. The zero-order valence-electron chi connectivity index (χ0n) is 20.5. The van der Waals surface area contributed by atoms with Gasteiger partial charge in [-0.2, -0.15) is 18.4 Å². The fourth-order valence-electron chi connectivity index (χ4n) is 7.11. The number of nitriles is 1. The zero-order valence-corrected chi connectivity index (χ0v) is 20.5. The molecule has 0 spiro atoms. The first kappa shape index (κ1) is 24.2. The van der Waals surface area contributed by atoms with Crippen LogP contribution in [0, 0.1) is 22.7 Å². The van der Waals surface area contributed by atoms with Crippen LogP contribution in [0.25, 0.3) is 0 Å². The number of carbonyl (C=O) groups is 1. The molecule has 1 amide bonds. The molecule has 2 fully saturated rings. The maximum absolute atomic E-state index is 14.0. The molecule has 0 bridgehead atoms. The van der Waals surface area contributed by atoms with Crippen LogP contribution in [-0.2, 0) is 23.9 Å². The number of benzene rings is 1. The molecule has 9 heteroatoms. The fourth-order valence-corrected chi connectivity index (χ4v) is 7.11. The van der Waals surface area contributed by atoms with Crippen molar-refractivity contribution in [1.29, 1.82) is 5.26 Å². The lowest BCUT2D eigenvalue weighted by molar-refractivity contribution is -0.144. The quantitative estimate of drug-likeness (QED) is 0.634. The Balaban J connectivity index is 1.20. The Morgan fingerprint density at radius 1 is 1.27 bits per heavy atom. The van der Waals surface area contributed by atoms with Gasteiger partial charge in [0.05, 0.1) is 29.2 Å². The van der Waals surface area contributed by atoms with E-state index >= 15 is 0 Å². The van der Waals surface area contributed by atoms with Gasteiger partial charge in [-0.15, -0.1) is 0 Å². The molecule has 4 atom stereocenters. The highest BCUT2D eigenvalue weighted by Gasteiger charge is 2.56. The molecule has 37 heavy (non-hydrogen) atoms. The fraction of sp³-hybridized carbons (Fsp3) is 0.536. The minimum Gasteiger partial charge on any atom is -0.493 e. The zero-order chi connectivity index (χ0) is 25.8. The number of pyridine rings is 1. The van der Waals surface area contributed by atoms with Crippen molar-refractivity contribution in [3.63, 3.8) is 0 Å². The lowest BCUT2D eigenvalue weighted by atomic mass is 9.78. The highest BCUT2D eigenvalue weighted by Crippen LogP contribution is 2.56. The maximum Gasteiger partial charge on any atom is 0.417 e. The number of nitrogens with one attached hydrogen (secondary N) is 1. The highest BCUT2D eigenvalue weighted by atomic mass is 19.4. The minimum absolute atomic E-state index is 0.0572. The summed E-state index contributed by atoms with van der Waals surface area (Å²) in [4.78, 5) is 19.8. The predicted molar refractivity (Wildman–Crippen MR) is 128 cm³/mol. The number of aromatic nitrogens is 1. The van der Waals surface area contributed by atoms with Crippen LogP contribution in [0.4, 0.5) is 13.2 Å². The molecule has 3 heterocycles. The number of fused-ring (bicyclic) bond motifs is 3. The largest absolute Gasteiger partial charge is 0.493 e. The van der Waals surface area contributed by atoms with E-state index in [1.165, 1.54) is 0 Å². The smallest absolute Gasteiger partial charge is 0.417 e. The van der Waals surface area contributed by atoms with Crippen LogP contribution < -0.4 is 10.1 Å². The Hall–Kier alpha value is -3.12. The predicted octanol–water partition coefficient (Wildman–Crippen LogP) is 4.92. The van der Waals surface area contributed by atoms with Crippen molar-refractivity contribution in [3.8, 4) is 11.8 Å². The molecular formula is C28H29F3N4O2. The molecule has 0 radical (unpaired) electrons. The van der Waals surface area contributed by atoms with Gasteiger partial charge in [0.2, 0.25) is 5.91 Å². The van der Waals surface area contributed by atoms with Crippen LogP contribution in [-0.4, -0.2) is 35.0 Å². The van der Waals surface area contributed by atoms with E-state index in [-0.39, 0.29) is 30.5 Å². The number of ether oxygens (including phenoxy) is 1. The Bertz CT molecular complexity index is 1270. The third-order valence-corrected chi connectivity index (χ3v) is 8.83. The molecule has 1 N–H and O–H groups in total. The van der Waals surface area contributed by atoms with E-state index < -0.39 is 17.2 Å². The summed E-state index contributed by atoms with van der Waals surface area (Å²) in [5.74, 6) is 1.15. The van der Waals surface area contributed by atoms with Gasteiger partial charge in [0.15, 0.2) is 0 Å². The Morgan fingerprint density at radius 3 is 2.95 bits per heavy atom. The van der Waals surface area contributed by atoms with E-state index in [1.807, 2.05) is 12.1 Å². The Morgan fingerprint density at radius 2 is 2.14 bits per heavy atom. The molecule has 4 aliphatic rings. The van der Waals surface area contributed by atoms with E-state index in [9.17, 15) is 23.2 Å². The van der Waals surface area contributed by atoms with Crippen molar-refractivity contribution in [1.82, 2.24) is 15.2 Å². The maximum atomic E-state index is 14.0. The van der Waals surface area contributed by atoms with E-state index in [0.717, 1.165) is 62.1 Å². The molecule has 2 aromatic rings. The van der Waals surface area contributed by atoms with Crippen LogP contribution in [0.3, 0.4) is 0 Å². The van der Waals surface area contributed by atoms with Crippen LogP contribution in [0.15, 0.2) is 30.5 Å². The van der Waals surface area contributed by atoms with Crippen LogP contribution in [0.2, 0.25) is 0 Å². The molecule has 1 aromatic carbocycles. The molecular weight excluding hydrogens is 481 g/mol. The molecule has 2 saturated carbocycles. The number of hydrogen-bond donors (Lipinski definition) is 1. The topological polar surface area (TPSA) is 78.3 Å². The standard InChI is InChI=1S/C28H29F3N4O2/c29-28(30,31)20-11-18-16-35(8-5-23(18)33-15-20)26(36)27-7-1-2-19(27)12-21(13-27)34-24-6-9-37-25-4-3-17(14-32)10-22(24)25/h3-4,10-11,15,19,21,24,34H,1-2,5-9,12-13,16H2/t19-,21-,24+,27-/m1/s1. The summed E-state index contributed by atoms with van der Waals surface area (Å²) in [5, 5.41) is 13.1. The SMILES string of the molecule is N#Cc1ccc2c(c1)[C@@H](N[C@@H]1C[C@H]3CCC[C@@]3(C(=O)N3CCc4ncc(C(F)(F)F)cc4C3)C1)CCO2. The summed E-state index contributed by atoms with van der Waals surface area (Å²) in [6, 6.07) is 9.07. The number of alkyl halides is 3. The third-order valence-electron chi connectivity index (χ3n) is 8.83. The van der Waals surface area contributed by atoms with E-state index in [2.05, 4.69) is 16.4 Å². The number of rotatable bonds is 3. The second kappa shape index (κ2) is 9.02. The molecule has 2 aliphatic heterocycles. The molecule has 0 saturated heterocycles. The Kier molecular flexibility index (Phi) is 5.90. The second-order valence-corrected chi connectivity index (χ2v) is 10.9. The number of nitrogens with zero attached hydrogens (tertiary/aromatic N) is 3. The van der Waals surface area contributed by atoms with E-state index in [1.54, 1.807) is 11.0 Å². The van der Waals surface area contributed by atoms with Gasteiger partial charge in [0.25, 0.3) is 0 Å². The first-order chi connectivity index (χ1) is 17.8. The first-order valence-electron chi connectivity index (χ1n) is 13.0. The number of hydrogen-bond acceptors (Lipinski definition) is 5. The van der Waals surface area contributed by atoms with E-state index in [4.69, 9.17) is 4.74 Å². The van der Waals surface area contributed by atoms with Crippen molar-refractivity contribution in [3.05, 3.63) is 58.4 Å². The second-order valence-electron chi connectivity index (χ2n) is 10.9. The van der Waals surface area contributed by atoms with Gasteiger partial charge in [-0.1, -0.05) is 6.42 Å². The lowest BCUT2D eigenvalue weighted by Crippen LogP contribution is -2.47. The van der Waals surface area contributed by atoms with Crippen LogP contribution in [0.5, 0.6) is 5.75 Å². The van der Waals surface area contributed by atoms with Gasteiger partial charge in [-0.25, -0.2) is 0 Å². The number of halogens is 3. The van der Waals surface area contributed by atoms with Crippen LogP contribution >= 0.6 is 0 Å². The van der Waals surface area contributed by atoms with Gasteiger partial charge in [-0.05, 0) is 61.4 Å². The normalized spacial score (nSPS) is 28.6. The summed E-state index contributed by atoms with van der Waals surface area (Å²) in [5.41, 5.74) is 1.51. The third kappa shape index (κ3) is 4.25. The molecule has 0 unspecified atom stereocenters. The first-order valence-corrected chi connectivity index (χ1v) is 13.0. The van der Waals surface area contributed by atoms with E-state index in [0.29, 0.717) is 36.4 Å². The van der Waals surface area contributed by atoms with Crippen molar-refractivity contribution in [2.75, 3.05) is 13.2 Å². The van der Waals surface area contributed by atoms with Gasteiger partial charge in [0.1, 0.15) is 5.75 Å². The van der Waals surface area contributed by atoms with Crippen molar-refractivity contribution < 1.29 is 22.7 Å². The van der Waals surface area contributed by atoms with Gasteiger partial charge in [-0.3, -0.25) is 9.78 Å². The van der Waals surface area contributed by atoms with Crippen molar-refractivity contribution >= 4 is 5.91 Å². The summed E-state index contributed by atoms with van der Waals surface area (Å²) in [7, 11) is 0. The Labute approximate surface area is 213 Å². The lowest BCUT2D eigenvalue weighted by Gasteiger charge is -2.37. The van der Waals surface area contributed by atoms with Gasteiger partial charge < -0.3 is 15.0 Å². The summed E-state index contributed by atoms with van der Waals surface area (Å²) < 4.78 is 45.6. The molecule has 6 rings (SSSR count). The van der Waals surface area contributed by atoms with Gasteiger partial charge >= 0.3 is 6.18 Å². The summed E-state index contributed by atoms with van der Waals surface area (Å²) in [6.07, 6.45) is 2.15. The monoisotopic (exact) mass is 510 g/mol. The van der Waals surface area contributed by atoms with Crippen molar-refractivity contribution in [2.24, 2.45) is 11.3 Å². The van der Waals surface area contributed by atoms with Crippen LogP contribution in [0.1, 0.15) is 72.5 Å². The summed E-state index contributed by atoms with van der Waals surface area (Å²) in [6.45, 7) is 1.26.